The topological polar surface area (TPSA) is 110 Å². The lowest BCUT2D eigenvalue weighted by molar-refractivity contribution is -0.384. The molecule has 1 aliphatic heterocycles. The lowest BCUT2D eigenvalue weighted by Crippen LogP contribution is -2.51. The maximum Gasteiger partial charge on any atom is 0.269 e. The van der Waals surface area contributed by atoms with Gasteiger partial charge in [0.15, 0.2) is 0 Å². The highest BCUT2D eigenvalue weighted by molar-refractivity contribution is 5.83. The van der Waals surface area contributed by atoms with Gasteiger partial charge in [0, 0.05) is 31.8 Å². The van der Waals surface area contributed by atoms with E-state index in [9.17, 15) is 20.0 Å². The standard InChI is InChI=1S/C13H17N3O4/c14-12(17)13(18)5-7-15(8-6-13)9-10-1-3-11(4-2-10)16(19)20/h1-4,18H,5-9H2,(H2,14,17). The molecule has 3 N–H and O–H groups in total. The Hall–Kier alpha value is -1.99. The number of benzene rings is 1. The fourth-order valence-electron chi connectivity index (χ4n) is 2.31. The van der Waals surface area contributed by atoms with Crippen LogP contribution in [0.15, 0.2) is 24.3 Å². The van der Waals surface area contributed by atoms with E-state index in [1.54, 1.807) is 12.1 Å². The van der Waals surface area contributed by atoms with Crippen molar-refractivity contribution in [2.45, 2.75) is 25.0 Å². The molecule has 0 radical (unpaired) electrons. The molecule has 1 aliphatic rings. The van der Waals surface area contributed by atoms with Gasteiger partial charge in [-0.05, 0) is 18.4 Å². The molecule has 0 aromatic heterocycles. The number of carbonyl (C=O) groups is 1. The molecule has 1 fully saturated rings. The van der Waals surface area contributed by atoms with Gasteiger partial charge in [0.1, 0.15) is 5.60 Å². The van der Waals surface area contributed by atoms with Gasteiger partial charge in [-0.1, -0.05) is 12.1 Å². The van der Waals surface area contributed by atoms with Crippen LogP contribution in [0.25, 0.3) is 0 Å². The van der Waals surface area contributed by atoms with E-state index < -0.39 is 16.4 Å². The number of likely N-dealkylation sites (tertiary alicyclic amines) is 1. The monoisotopic (exact) mass is 279 g/mol. The number of nitrogens with two attached hydrogens (primary N) is 1. The lowest BCUT2D eigenvalue weighted by atomic mass is 9.90. The van der Waals surface area contributed by atoms with Crippen molar-refractivity contribution in [1.82, 2.24) is 4.90 Å². The number of aliphatic hydroxyl groups is 1. The molecule has 1 amide bonds. The average molecular weight is 279 g/mol. The number of primary amides is 1. The van der Waals surface area contributed by atoms with Crippen LogP contribution in [0.4, 0.5) is 5.69 Å². The molecule has 108 valence electrons. The molecule has 0 unspecified atom stereocenters. The number of non-ortho nitro benzene ring substituents is 1. The molecule has 0 saturated carbocycles. The van der Waals surface area contributed by atoms with Gasteiger partial charge in [-0.15, -0.1) is 0 Å². The normalized spacial score (nSPS) is 18.6. The van der Waals surface area contributed by atoms with Crippen molar-refractivity contribution < 1.29 is 14.8 Å². The summed E-state index contributed by atoms with van der Waals surface area (Å²) in [6.07, 6.45) is 0.630. The van der Waals surface area contributed by atoms with E-state index in [1.807, 2.05) is 0 Å². The van der Waals surface area contributed by atoms with Gasteiger partial charge in [0.25, 0.3) is 5.69 Å². The number of carbonyl (C=O) groups excluding carboxylic acids is 1. The Kier molecular flexibility index (Phi) is 4.01. The Bertz CT molecular complexity index is 507. The van der Waals surface area contributed by atoms with E-state index >= 15 is 0 Å². The van der Waals surface area contributed by atoms with Crippen LogP contribution < -0.4 is 5.73 Å². The molecular weight excluding hydrogens is 262 g/mol. The first-order chi connectivity index (χ1) is 9.40. The highest BCUT2D eigenvalue weighted by Crippen LogP contribution is 2.23. The summed E-state index contributed by atoms with van der Waals surface area (Å²) >= 11 is 0. The van der Waals surface area contributed by atoms with Gasteiger partial charge in [-0.2, -0.15) is 0 Å². The highest BCUT2D eigenvalue weighted by Gasteiger charge is 2.37. The summed E-state index contributed by atoms with van der Waals surface area (Å²) in [6, 6.07) is 6.37. The zero-order valence-corrected chi connectivity index (χ0v) is 11.0. The molecule has 1 heterocycles. The van der Waals surface area contributed by atoms with E-state index in [1.165, 1.54) is 12.1 Å². The van der Waals surface area contributed by atoms with E-state index in [0.717, 1.165) is 5.56 Å². The minimum absolute atomic E-state index is 0.0653. The second kappa shape index (κ2) is 5.56. The van der Waals surface area contributed by atoms with Crippen LogP contribution in [0, 0.1) is 10.1 Å². The predicted octanol–water partition coefficient (Wildman–Crippen LogP) is 0.407. The SMILES string of the molecule is NC(=O)C1(O)CCN(Cc2ccc([N+](=O)[O-])cc2)CC1. The molecule has 0 aliphatic carbocycles. The zero-order valence-electron chi connectivity index (χ0n) is 11.0. The summed E-state index contributed by atoms with van der Waals surface area (Å²) in [5, 5.41) is 20.5. The maximum atomic E-state index is 11.1. The fraction of sp³-hybridized carbons (Fsp3) is 0.462. The number of nitro benzene ring substituents is 1. The third-order valence-corrected chi connectivity index (χ3v) is 3.70. The molecule has 1 aromatic carbocycles. The van der Waals surface area contributed by atoms with Crippen LogP contribution >= 0.6 is 0 Å². The first-order valence-electron chi connectivity index (χ1n) is 6.39. The van der Waals surface area contributed by atoms with Gasteiger partial charge in [0.05, 0.1) is 4.92 Å². The molecule has 1 saturated heterocycles. The van der Waals surface area contributed by atoms with Crippen LogP contribution in [-0.4, -0.2) is 39.5 Å². The third kappa shape index (κ3) is 3.12. The molecule has 7 nitrogen and oxygen atoms in total. The third-order valence-electron chi connectivity index (χ3n) is 3.70. The molecule has 0 spiro atoms. The van der Waals surface area contributed by atoms with Crippen molar-refractivity contribution in [3.05, 3.63) is 39.9 Å². The Morgan fingerprint density at radius 1 is 1.35 bits per heavy atom. The Morgan fingerprint density at radius 2 is 1.90 bits per heavy atom. The molecule has 7 heteroatoms. The van der Waals surface area contributed by atoms with E-state index in [0.29, 0.717) is 32.5 Å². The molecule has 2 rings (SSSR count). The number of amides is 1. The predicted molar refractivity (Wildman–Crippen MR) is 71.8 cm³/mol. The number of hydrogen-bond acceptors (Lipinski definition) is 5. The summed E-state index contributed by atoms with van der Waals surface area (Å²) in [4.78, 5) is 23.3. The Morgan fingerprint density at radius 3 is 2.35 bits per heavy atom. The van der Waals surface area contributed by atoms with Gasteiger partial charge in [-0.3, -0.25) is 19.8 Å². The second-order valence-corrected chi connectivity index (χ2v) is 5.10. The molecule has 1 aromatic rings. The number of nitro groups is 1. The Balaban J connectivity index is 1.92. The van der Waals surface area contributed by atoms with Crippen molar-refractivity contribution in [3.8, 4) is 0 Å². The quantitative estimate of drug-likeness (QED) is 0.612. The summed E-state index contributed by atoms with van der Waals surface area (Å²) < 4.78 is 0. The molecule has 0 atom stereocenters. The fourth-order valence-corrected chi connectivity index (χ4v) is 2.31. The van der Waals surface area contributed by atoms with Crippen molar-refractivity contribution in [2.24, 2.45) is 5.73 Å². The molecular formula is C13H17N3O4. The summed E-state index contributed by atoms with van der Waals surface area (Å²) in [6.45, 7) is 1.76. The van der Waals surface area contributed by atoms with Crippen molar-refractivity contribution >= 4 is 11.6 Å². The van der Waals surface area contributed by atoms with Crippen LogP contribution in [0.1, 0.15) is 18.4 Å². The van der Waals surface area contributed by atoms with Gasteiger partial charge < -0.3 is 10.8 Å². The van der Waals surface area contributed by atoms with Crippen LogP contribution in [0.3, 0.4) is 0 Å². The van der Waals surface area contributed by atoms with Gasteiger partial charge in [0.2, 0.25) is 5.91 Å². The lowest BCUT2D eigenvalue weighted by Gasteiger charge is -2.36. The van der Waals surface area contributed by atoms with E-state index in [2.05, 4.69) is 4.90 Å². The van der Waals surface area contributed by atoms with Crippen LogP contribution in [-0.2, 0) is 11.3 Å². The minimum atomic E-state index is -1.40. The second-order valence-electron chi connectivity index (χ2n) is 5.10. The van der Waals surface area contributed by atoms with E-state index in [-0.39, 0.29) is 5.69 Å². The highest BCUT2D eigenvalue weighted by atomic mass is 16.6. The van der Waals surface area contributed by atoms with Gasteiger partial charge >= 0.3 is 0 Å². The van der Waals surface area contributed by atoms with Crippen molar-refractivity contribution in [1.29, 1.82) is 0 Å². The van der Waals surface area contributed by atoms with Crippen LogP contribution in [0.2, 0.25) is 0 Å². The van der Waals surface area contributed by atoms with Gasteiger partial charge in [-0.25, -0.2) is 0 Å². The minimum Gasteiger partial charge on any atom is -0.380 e. The summed E-state index contributed by atoms with van der Waals surface area (Å²) in [5.74, 6) is -0.674. The van der Waals surface area contributed by atoms with Crippen molar-refractivity contribution in [2.75, 3.05) is 13.1 Å². The summed E-state index contributed by atoms with van der Waals surface area (Å²) in [5.41, 5.74) is 4.80. The largest absolute Gasteiger partial charge is 0.380 e. The summed E-state index contributed by atoms with van der Waals surface area (Å²) in [7, 11) is 0. The number of piperidine rings is 1. The number of rotatable bonds is 4. The number of hydrogen-bond donors (Lipinski definition) is 2. The number of nitrogens with zero attached hydrogens (tertiary/aromatic N) is 2. The first kappa shape index (κ1) is 14.4. The van der Waals surface area contributed by atoms with Crippen LogP contribution in [0.5, 0.6) is 0 Å². The molecule has 0 bridgehead atoms. The maximum absolute atomic E-state index is 11.1. The Labute approximate surface area is 116 Å². The zero-order chi connectivity index (χ0) is 14.8. The van der Waals surface area contributed by atoms with E-state index in [4.69, 9.17) is 5.73 Å². The van der Waals surface area contributed by atoms with Crippen molar-refractivity contribution in [3.63, 3.8) is 0 Å². The smallest absolute Gasteiger partial charge is 0.269 e. The molecule has 20 heavy (non-hydrogen) atoms. The first-order valence-corrected chi connectivity index (χ1v) is 6.39. The average Bonchev–Trinajstić information content (AvgIpc) is 2.42.